The molecular formula is C11H11BrN2S2. The first-order valence-electron chi connectivity index (χ1n) is 5.23. The molecular weight excluding hydrogens is 304 g/mol. The van der Waals surface area contributed by atoms with Crippen molar-refractivity contribution in [3.8, 4) is 0 Å². The third-order valence-corrected chi connectivity index (χ3v) is 5.36. The van der Waals surface area contributed by atoms with E-state index in [9.17, 15) is 0 Å². The normalized spacial score (nSPS) is 17.6. The molecule has 1 fully saturated rings. The Bertz CT molecular complexity index is 462. The van der Waals surface area contributed by atoms with Crippen molar-refractivity contribution >= 4 is 38.6 Å². The number of nitrogens with zero attached hydrogens (tertiary/aromatic N) is 1. The summed E-state index contributed by atoms with van der Waals surface area (Å²) in [5, 5.41) is 8.99. The van der Waals surface area contributed by atoms with Gasteiger partial charge in [0.25, 0.3) is 0 Å². The minimum atomic E-state index is 0.266. The maximum Gasteiger partial charge on any atom is 0.115 e. The van der Waals surface area contributed by atoms with Gasteiger partial charge in [0.05, 0.1) is 6.04 Å². The van der Waals surface area contributed by atoms with Crippen LogP contribution in [-0.4, -0.2) is 11.0 Å². The topological polar surface area (TPSA) is 24.9 Å². The molecule has 2 nitrogen and oxygen atoms in total. The molecule has 1 saturated carbocycles. The van der Waals surface area contributed by atoms with Crippen LogP contribution < -0.4 is 5.32 Å². The Balaban J connectivity index is 1.92. The monoisotopic (exact) mass is 314 g/mol. The van der Waals surface area contributed by atoms with Crippen molar-refractivity contribution in [1.82, 2.24) is 10.3 Å². The first-order valence-corrected chi connectivity index (χ1v) is 7.78. The van der Waals surface area contributed by atoms with Crippen LogP contribution in [0.5, 0.6) is 0 Å². The van der Waals surface area contributed by atoms with E-state index in [-0.39, 0.29) is 6.04 Å². The molecule has 1 N–H and O–H groups in total. The first kappa shape index (κ1) is 10.9. The standard InChI is InChI=1S/C11H11BrN2S2/c12-8-3-5-15-10(8)9(14-7-1-2-7)11-13-4-6-16-11/h3-7,9,14H,1-2H2. The fraction of sp³-hybridized carbons (Fsp3) is 0.364. The summed E-state index contributed by atoms with van der Waals surface area (Å²) in [5.41, 5.74) is 0. The van der Waals surface area contributed by atoms with E-state index < -0.39 is 0 Å². The van der Waals surface area contributed by atoms with Gasteiger partial charge in [0.15, 0.2) is 0 Å². The van der Waals surface area contributed by atoms with E-state index in [0.29, 0.717) is 6.04 Å². The van der Waals surface area contributed by atoms with Crippen molar-refractivity contribution in [1.29, 1.82) is 0 Å². The van der Waals surface area contributed by atoms with Crippen molar-refractivity contribution in [2.75, 3.05) is 0 Å². The van der Waals surface area contributed by atoms with E-state index in [1.54, 1.807) is 22.7 Å². The molecule has 1 aliphatic carbocycles. The van der Waals surface area contributed by atoms with E-state index in [1.165, 1.54) is 22.2 Å². The summed E-state index contributed by atoms with van der Waals surface area (Å²) in [5.74, 6) is 0. The van der Waals surface area contributed by atoms with Crippen LogP contribution >= 0.6 is 38.6 Å². The highest BCUT2D eigenvalue weighted by atomic mass is 79.9. The first-order chi connectivity index (χ1) is 7.84. The maximum atomic E-state index is 4.44. The molecule has 1 aliphatic rings. The molecule has 0 amide bonds. The number of hydrogen-bond donors (Lipinski definition) is 1. The summed E-state index contributed by atoms with van der Waals surface area (Å²) in [7, 11) is 0. The van der Waals surface area contributed by atoms with E-state index in [2.05, 4.69) is 37.7 Å². The average Bonchev–Trinajstić information content (AvgIpc) is 2.80. The number of aromatic nitrogens is 1. The number of nitrogens with one attached hydrogen (secondary N) is 1. The van der Waals surface area contributed by atoms with Crippen LogP contribution in [0.3, 0.4) is 0 Å². The highest BCUT2D eigenvalue weighted by Crippen LogP contribution is 2.36. The molecule has 0 aromatic carbocycles. The van der Waals surface area contributed by atoms with E-state index >= 15 is 0 Å². The fourth-order valence-corrected chi connectivity index (χ4v) is 4.08. The second kappa shape index (κ2) is 4.56. The molecule has 0 spiro atoms. The molecule has 1 atom stereocenters. The van der Waals surface area contributed by atoms with Crippen LogP contribution in [0.25, 0.3) is 0 Å². The van der Waals surface area contributed by atoms with Gasteiger partial charge in [0.1, 0.15) is 5.01 Å². The highest BCUT2D eigenvalue weighted by Gasteiger charge is 2.29. The lowest BCUT2D eigenvalue weighted by Gasteiger charge is -2.15. The summed E-state index contributed by atoms with van der Waals surface area (Å²) in [6.45, 7) is 0. The van der Waals surface area contributed by atoms with Crippen molar-refractivity contribution in [3.63, 3.8) is 0 Å². The van der Waals surface area contributed by atoms with Crippen LogP contribution in [0.1, 0.15) is 28.8 Å². The number of thiophene rings is 1. The number of hydrogen-bond acceptors (Lipinski definition) is 4. The van der Waals surface area contributed by atoms with Gasteiger partial charge in [-0.1, -0.05) is 0 Å². The SMILES string of the molecule is Brc1ccsc1C(NC1CC1)c1nccs1. The minimum Gasteiger partial charge on any atom is -0.301 e. The van der Waals surface area contributed by atoms with Gasteiger partial charge >= 0.3 is 0 Å². The Hall–Kier alpha value is -0.230. The minimum absolute atomic E-state index is 0.266. The zero-order valence-corrected chi connectivity index (χ0v) is 11.7. The van der Waals surface area contributed by atoms with Crippen molar-refractivity contribution < 1.29 is 0 Å². The lowest BCUT2D eigenvalue weighted by atomic mass is 10.2. The molecule has 5 heteroatoms. The summed E-state index contributed by atoms with van der Waals surface area (Å²) in [6.07, 6.45) is 4.47. The van der Waals surface area contributed by atoms with Crippen LogP contribution in [0.2, 0.25) is 0 Å². The molecule has 0 radical (unpaired) electrons. The molecule has 2 aromatic heterocycles. The maximum absolute atomic E-state index is 4.44. The Kier molecular flexibility index (Phi) is 3.11. The van der Waals surface area contributed by atoms with Crippen molar-refractivity contribution in [2.24, 2.45) is 0 Å². The fourth-order valence-electron chi connectivity index (χ4n) is 1.63. The number of rotatable bonds is 4. The number of halogens is 1. The van der Waals surface area contributed by atoms with Crippen LogP contribution in [-0.2, 0) is 0 Å². The van der Waals surface area contributed by atoms with Gasteiger partial charge in [-0.25, -0.2) is 4.98 Å². The molecule has 3 rings (SSSR count). The second-order valence-electron chi connectivity index (χ2n) is 3.88. The molecule has 84 valence electrons. The largest absolute Gasteiger partial charge is 0.301 e. The summed E-state index contributed by atoms with van der Waals surface area (Å²) in [6, 6.07) is 3.06. The van der Waals surface area contributed by atoms with Gasteiger partial charge in [0, 0.05) is 27.0 Å². The second-order valence-corrected chi connectivity index (χ2v) is 6.61. The lowest BCUT2D eigenvalue weighted by Crippen LogP contribution is -2.23. The predicted octanol–water partition coefficient (Wildman–Crippen LogP) is 3.81. The summed E-state index contributed by atoms with van der Waals surface area (Å²) < 4.78 is 1.19. The van der Waals surface area contributed by atoms with E-state index in [4.69, 9.17) is 0 Å². The van der Waals surface area contributed by atoms with Crippen LogP contribution in [0.4, 0.5) is 0 Å². The van der Waals surface area contributed by atoms with Gasteiger partial charge in [-0.3, -0.25) is 0 Å². The zero-order chi connectivity index (χ0) is 11.0. The van der Waals surface area contributed by atoms with Gasteiger partial charge < -0.3 is 5.32 Å². The van der Waals surface area contributed by atoms with Gasteiger partial charge in [0.2, 0.25) is 0 Å². The van der Waals surface area contributed by atoms with Gasteiger partial charge in [-0.2, -0.15) is 0 Å². The Morgan fingerprint density at radius 1 is 1.38 bits per heavy atom. The van der Waals surface area contributed by atoms with Crippen LogP contribution in [0.15, 0.2) is 27.5 Å². The average molecular weight is 315 g/mol. The molecule has 0 saturated heterocycles. The third-order valence-electron chi connectivity index (χ3n) is 2.59. The van der Waals surface area contributed by atoms with E-state index in [0.717, 1.165) is 5.01 Å². The van der Waals surface area contributed by atoms with Crippen molar-refractivity contribution in [3.05, 3.63) is 37.4 Å². The molecule has 16 heavy (non-hydrogen) atoms. The summed E-state index contributed by atoms with van der Waals surface area (Å²) >= 11 is 7.11. The third kappa shape index (κ3) is 2.22. The lowest BCUT2D eigenvalue weighted by molar-refractivity contribution is 0.604. The molecule has 2 heterocycles. The summed E-state index contributed by atoms with van der Waals surface area (Å²) in [4.78, 5) is 5.77. The quantitative estimate of drug-likeness (QED) is 0.928. The molecule has 0 aliphatic heterocycles. The highest BCUT2D eigenvalue weighted by molar-refractivity contribution is 9.10. The van der Waals surface area contributed by atoms with Crippen LogP contribution in [0, 0.1) is 0 Å². The van der Waals surface area contributed by atoms with E-state index in [1.807, 2.05) is 11.6 Å². The smallest absolute Gasteiger partial charge is 0.115 e. The van der Waals surface area contributed by atoms with Gasteiger partial charge in [-0.15, -0.1) is 22.7 Å². The van der Waals surface area contributed by atoms with Gasteiger partial charge in [-0.05, 0) is 40.2 Å². The molecule has 0 bridgehead atoms. The zero-order valence-electron chi connectivity index (χ0n) is 8.52. The molecule has 1 unspecified atom stereocenters. The number of thiazole rings is 1. The molecule has 2 aromatic rings. The van der Waals surface area contributed by atoms with Crippen molar-refractivity contribution in [2.45, 2.75) is 24.9 Å². The predicted molar refractivity (Wildman–Crippen MR) is 72.1 cm³/mol. The Morgan fingerprint density at radius 3 is 2.81 bits per heavy atom. The Morgan fingerprint density at radius 2 is 2.25 bits per heavy atom. The Labute approximate surface area is 111 Å².